The molecule has 0 heterocycles. The largest absolute Gasteiger partial charge is 0.497 e. The number of hydrogen-bond acceptors (Lipinski definition) is 2. The Bertz CT molecular complexity index is 410. The van der Waals surface area contributed by atoms with Crippen molar-refractivity contribution in [1.82, 2.24) is 0 Å². The number of carbonyl (C=O) groups excluding carboxylic acids is 1. The molecule has 86 valence electrons. The number of rotatable bonds is 5. The number of halogens is 1. The van der Waals surface area contributed by atoms with Crippen molar-refractivity contribution in [2.45, 2.75) is 19.8 Å². The molecule has 0 saturated heterocycles. The van der Waals surface area contributed by atoms with E-state index in [4.69, 9.17) is 4.74 Å². The van der Waals surface area contributed by atoms with E-state index in [1.54, 1.807) is 6.07 Å². The topological polar surface area (TPSA) is 26.3 Å². The average Bonchev–Trinajstić information content (AvgIpc) is 2.28. The first kappa shape index (κ1) is 12.4. The van der Waals surface area contributed by atoms with Gasteiger partial charge in [0.25, 0.3) is 0 Å². The van der Waals surface area contributed by atoms with Crippen molar-refractivity contribution < 1.29 is 13.9 Å². The first-order valence-corrected chi connectivity index (χ1v) is 5.11. The first-order chi connectivity index (χ1) is 7.58. The van der Waals surface area contributed by atoms with E-state index in [0.29, 0.717) is 5.75 Å². The summed E-state index contributed by atoms with van der Waals surface area (Å²) >= 11 is 0. The zero-order valence-corrected chi connectivity index (χ0v) is 9.55. The lowest BCUT2D eigenvalue weighted by Gasteiger charge is -2.05. The highest BCUT2D eigenvalue weighted by Crippen LogP contribution is 2.19. The van der Waals surface area contributed by atoms with Gasteiger partial charge in [-0.3, -0.25) is 4.79 Å². The summed E-state index contributed by atoms with van der Waals surface area (Å²) in [6, 6.07) is 4.23. The summed E-state index contributed by atoms with van der Waals surface area (Å²) in [6.07, 6.45) is 0.920. The third-order valence-corrected chi connectivity index (χ3v) is 2.39. The molecule has 0 spiro atoms. The Labute approximate surface area is 94.7 Å². The zero-order chi connectivity index (χ0) is 12.1. The molecule has 3 heteroatoms. The molecule has 16 heavy (non-hydrogen) atoms. The standard InChI is InChI=1S/C13H15FO2/c1-4-9(2)7-13(15)11-6-5-10(16-3)8-12(11)14/h5-6,8H,2,4,7H2,1,3H3. The van der Waals surface area contributed by atoms with Crippen molar-refractivity contribution in [3.05, 3.63) is 41.7 Å². The van der Waals surface area contributed by atoms with E-state index >= 15 is 0 Å². The minimum absolute atomic E-state index is 0.0930. The minimum atomic E-state index is -0.548. The van der Waals surface area contributed by atoms with Crippen LogP contribution in [-0.4, -0.2) is 12.9 Å². The van der Waals surface area contributed by atoms with E-state index in [1.165, 1.54) is 19.2 Å². The van der Waals surface area contributed by atoms with Gasteiger partial charge in [0, 0.05) is 12.5 Å². The van der Waals surface area contributed by atoms with E-state index < -0.39 is 5.82 Å². The zero-order valence-electron chi connectivity index (χ0n) is 9.55. The van der Waals surface area contributed by atoms with Crippen molar-refractivity contribution in [1.29, 1.82) is 0 Å². The third kappa shape index (κ3) is 2.92. The van der Waals surface area contributed by atoms with E-state index in [0.717, 1.165) is 12.0 Å². The highest BCUT2D eigenvalue weighted by atomic mass is 19.1. The van der Waals surface area contributed by atoms with Gasteiger partial charge in [0.05, 0.1) is 12.7 Å². The molecule has 2 nitrogen and oxygen atoms in total. The van der Waals surface area contributed by atoms with Gasteiger partial charge < -0.3 is 4.74 Å². The smallest absolute Gasteiger partial charge is 0.169 e. The molecule has 0 aliphatic heterocycles. The number of methoxy groups -OCH3 is 1. The normalized spacial score (nSPS) is 9.94. The summed E-state index contributed by atoms with van der Waals surface area (Å²) in [7, 11) is 1.45. The van der Waals surface area contributed by atoms with Gasteiger partial charge in [-0.2, -0.15) is 0 Å². The van der Waals surface area contributed by atoms with Gasteiger partial charge >= 0.3 is 0 Å². The van der Waals surface area contributed by atoms with Crippen LogP contribution in [0.15, 0.2) is 30.4 Å². The summed E-state index contributed by atoms with van der Waals surface area (Å²) in [5.74, 6) is -0.386. The third-order valence-electron chi connectivity index (χ3n) is 2.39. The minimum Gasteiger partial charge on any atom is -0.497 e. The lowest BCUT2D eigenvalue weighted by Crippen LogP contribution is -2.03. The second kappa shape index (κ2) is 5.45. The predicted molar refractivity (Wildman–Crippen MR) is 61.3 cm³/mol. The lowest BCUT2D eigenvalue weighted by atomic mass is 10.0. The maximum atomic E-state index is 13.5. The molecule has 0 aromatic heterocycles. The monoisotopic (exact) mass is 222 g/mol. The molecule has 1 aromatic carbocycles. The number of carbonyl (C=O) groups is 1. The Kier molecular flexibility index (Phi) is 4.23. The van der Waals surface area contributed by atoms with Crippen molar-refractivity contribution in [2.75, 3.05) is 7.11 Å². The first-order valence-electron chi connectivity index (χ1n) is 5.11. The van der Waals surface area contributed by atoms with Crippen molar-refractivity contribution >= 4 is 5.78 Å². The maximum Gasteiger partial charge on any atom is 0.169 e. The van der Waals surface area contributed by atoms with Crippen LogP contribution in [0.25, 0.3) is 0 Å². The molecular formula is C13H15FO2. The van der Waals surface area contributed by atoms with Crippen LogP contribution in [0.2, 0.25) is 0 Å². The molecular weight excluding hydrogens is 207 g/mol. The van der Waals surface area contributed by atoms with Crippen LogP contribution in [0.4, 0.5) is 4.39 Å². The molecule has 0 N–H and O–H groups in total. The molecule has 0 unspecified atom stereocenters. The molecule has 0 fully saturated rings. The fraction of sp³-hybridized carbons (Fsp3) is 0.308. The quantitative estimate of drug-likeness (QED) is 0.564. The van der Waals surface area contributed by atoms with Crippen LogP contribution < -0.4 is 4.74 Å². The Hall–Kier alpha value is -1.64. The van der Waals surface area contributed by atoms with Gasteiger partial charge in [-0.15, -0.1) is 0 Å². The van der Waals surface area contributed by atoms with Gasteiger partial charge in [-0.1, -0.05) is 19.1 Å². The second-order valence-electron chi connectivity index (χ2n) is 3.55. The summed E-state index contributed by atoms with van der Waals surface area (Å²) < 4.78 is 18.4. The summed E-state index contributed by atoms with van der Waals surface area (Å²) in [5, 5.41) is 0. The van der Waals surface area contributed by atoms with Crippen molar-refractivity contribution in [3.8, 4) is 5.75 Å². The number of Topliss-reactive ketones (excluding diaryl/α,β-unsaturated/α-hetero) is 1. The second-order valence-corrected chi connectivity index (χ2v) is 3.55. The predicted octanol–water partition coefficient (Wildman–Crippen LogP) is 3.37. The number of ketones is 1. The van der Waals surface area contributed by atoms with Gasteiger partial charge in [-0.25, -0.2) is 4.39 Å². The SMILES string of the molecule is C=C(CC)CC(=O)c1ccc(OC)cc1F. The van der Waals surface area contributed by atoms with Crippen LogP contribution in [0, 0.1) is 5.82 Å². The van der Waals surface area contributed by atoms with Gasteiger partial charge in [-0.05, 0) is 18.6 Å². The molecule has 0 bridgehead atoms. The number of allylic oxidation sites excluding steroid dienone is 1. The number of hydrogen-bond donors (Lipinski definition) is 0. The van der Waals surface area contributed by atoms with Crippen LogP contribution in [0.3, 0.4) is 0 Å². The highest BCUT2D eigenvalue weighted by molar-refractivity contribution is 5.97. The molecule has 0 amide bonds. The summed E-state index contributed by atoms with van der Waals surface area (Å²) in [5.41, 5.74) is 0.899. The van der Waals surface area contributed by atoms with E-state index in [-0.39, 0.29) is 17.8 Å². The van der Waals surface area contributed by atoms with Crippen LogP contribution >= 0.6 is 0 Å². The Balaban J connectivity index is 2.88. The van der Waals surface area contributed by atoms with Gasteiger partial charge in [0.1, 0.15) is 11.6 Å². The number of benzene rings is 1. The molecule has 0 saturated carbocycles. The van der Waals surface area contributed by atoms with Crippen molar-refractivity contribution in [3.63, 3.8) is 0 Å². The van der Waals surface area contributed by atoms with Crippen molar-refractivity contribution in [2.24, 2.45) is 0 Å². The summed E-state index contributed by atoms with van der Waals surface area (Å²) in [4.78, 5) is 11.7. The van der Waals surface area contributed by atoms with E-state index in [1.807, 2.05) is 6.92 Å². The molecule has 0 atom stereocenters. The maximum absolute atomic E-state index is 13.5. The Morgan fingerprint density at radius 2 is 2.19 bits per heavy atom. The fourth-order valence-electron chi connectivity index (χ4n) is 1.30. The molecule has 1 rings (SSSR count). The van der Waals surface area contributed by atoms with E-state index in [9.17, 15) is 9.18 Å². The average molecular weight is 222 g/mol. The fourth-order valence-corrected chi connectivity index (χ4v) is 1.30. The molecule has 0 aliphatic carbocycles. The number of ether oxygens (including phenoxy) is 1. The van der Waals surface area contributed by atoms with Gasteiger partial charge in [0.2, 0.25) is 0 Å². The highest BCUT2D eigenvalue weighted by Gasteiger charge is 2.12. The lowest BCUT2D eigenvalue weighted by molar-refractivity contribution is 0.0988. The Morgan fingerprint density at radius 3 is 2.69 bits per heavy atom. The van der Waals surface area contributed by atoms with Crippen LogP contribution in [0.1, 0.15) is 30.1 Å². The van der Waals surface area contributed by atoms with E-state index in [2.05, 4.69) is 6.58 Å². The molecule has 0 radical (unpaired) electrons. The van der Waals surface area contributed by atoms with Crippen LogP contribution in [-0.2, 0) is 0 Å². The Morgan fingerprint density at radius 1 is 1.50 bits per heavy atom. The molecule has 1 aromatic rings. The summed E-state index contributed by atoms with van der Waals surface area (Å²) in [6.45, 7) is 5.65. The molecule has 0 aliphatic rings. The van der Waals surface area contributed by atoms with Gasteiger partial charge in [0.15, 0.2) is 5.78 Å². The van der Waals surface area contributed by atoms with Crippen LogP contribution in [0.5, 0.6) is 5.75 Å².